The monoisotopic (exact) mass is 507 g/mol. The molecule has 5 nitrogen and oxygen atoms in total. The lowest BCUT2D eigenvalue weighted by Gasteiger charge is -2.25. The first kappa shape index (κ1) is 24.0. The number of likely N-dealkylation sites (tertiary alicyclic amines) is 1. The van der Waals surface area contributed by atoms with Crippen LogP contribution in [-0.4, -0.2) is 43.4 Å². The zero-order chi connectivity index (χ0) is 24.0. The normalized spacial score (nSPS) is 14.3. The van der Waals surface area contributed by atoms with Crippen molar-refractivity contribution in [1.29, 1.82) is 0 Å². The van der Waals surface area contributed by atoms with Gasteiger partial charge >= 0.3 is 0 Å². The van der Waals surface area contributed by atoms with Crippen LogP contribution in [0.15, 0.2) is 71.6 Å². The third-order valence-electron chi connectivity index (χ3n) is 6.12. The zero-order valence-electron chi connectivity index (χ0n) is 19.7. The lowest BCUT2D eigenvalue weighted by Crippen LogP contribution is -2.32. The van der Waals surface area contributed by atoms with Crippen molar-refractivity contribution in [3.63, 3.8) is 0 Å². The lowest BCUT2D eigenvalue weighted by molar-refractivity contribution is 0.194. The Bertz CT molecular complexity index is 1230. The summed E-state index contributed by atoms with van der Waals surface area (Å²) in [4.78, 5) is 4.54. The summed E-state index contributed by atoms with van der Waals surface area (Å²) in [5.41, 5.74) is 0.885. The minimum Gasteiger partial charge on any atom is -0.504 e. The van der Waals surface area contributed by atoms with Gasteiger partial charge in [-0.1, -0.05) is 24.6 Å². The highest BCUT2D eigenvalue weighted by atomic mass is 32.2. The molecule has 0 saturated carbocycles. The van der Waals surface area contributed by atoms with E-state index in [0.29, 0.717) is 23.9 Å². The van der Waals surface area contributed by atoms with Gasteiger partial charge in [-0.05, 0) is 73.8 Å². The van der Waals surface area contributed by atoms with Gasteiger partial charge in [-0.25, -0.2) is 0 Å². The number of aromatic hydroxyl groups is 1. The molecular formula is C28H29NO4S2. The summed E-state index contributed by atoms with van der Waals surface area (Å²) in [5.74, 6) is 1.67. The molecule has 1 aliphatic heterocycles. The van der Waals surface area contributed by atoms with Gasteiger partial charge in [-0.15, -0.1) is 11.3 Å². The second-order valence-electron chi connectivity index (χ2n) is 8.55. The van der Waals surface area contributed by atoms with Crippen LogP contribution in [0.1, 0.15) is 19.3 Å². The molecule has 182 valence electrons. The number of phenolic OH excluding ortho intramolecular Hbond substituents is 1. The Morgan fingerprint density at radius 1 is 0.943 bits per heavy atom. The van der Waals surface area contributed by atoms with Gasteiger partial charge < -0.3 is 23.7 Å². The first-order valence-corrected chi connectivity index (χ1v) is 13.4. The van der Waals surface area contributed by atoms with Crippen LogP contribution in [0.2, 0.25) is 0 Å². The highest BCUT2D eigenvalue weighted by Crippen LogP contribution is 2.44. The summed E-state index contributed by atoms with van der Waals surface area (Å²) in [7, 11) is 1.61. The fourth-order valence-corrected chi connectivity index (χ4v) is 5.88. The molecule has 0 unspecified atom stereocenters. The van der Waals surface area contributed by atoms with E-state index in [1.165, 1.54) is 54.5 Å². The molecule has 0 spiro atoms. The number of ether oxygens (including phenoxy) is 2. The van der Waals surface area contributed by atoms with Gasteiger partial charge in [0.05, 0.1) is 13.7 Å². The van der Waals surface area contributed by atoms with Gasteiger partial charge in [0.25, 0.3) is 0 Å². The van der Waals surface area contributed by atoms with E-state index < -0.39 is 0 Å². The minimum absolute atomic E-state index is 0.0335. The van der Waals surface area contributed by atoms with Crippen molar-refractivity contribution in [2.45, 2.75) is 24.2 Å². The Hall–Kier alpha value is -2.71. The summed E-state index contributed by atoms with van der Waals surface area (Å²) in [5, 5.41) is 11.7. The van der Waals surface area contributed by atoms with Crippen molar-refractivity contribution in [3.05, 3.63) is 66.7 Å². The topological polar surface area (TPSA) is 51.2 Å². The molecule has 7 heteroatoms. The Labute approximate surface area is 214 Å². The van der Waals surface area contributed by atoms with Crippen LogP contribution in [0.4, 0.5) is 0 Å². The minimum atomic E-state index is 0.0335. The van der Waals surface area contributed by atoms with E-state index in [0.717, 1.165) is 21.9 Å². The summed E-state index contributed by atoms with van der Waals surface area (Å²) >= 11 is 3.07. The molecule has 1 aromatic heterocycles. The molecule has 0 radical (unpaired) electrons. The molecule has 1 saturated heterocycles. The van der Waals surface area contributed by atoms with Gasteiger partial charge in [0.2, 0.25) is 0 Å². The fourth-order valence-electron chi connectivity index (χ4n) is 4.26. The van der Waals surface area contributed by atoms with E-state index in [2.05, 4.69) is 23.1 Å². The summed E-state index contributed by atoms with van der Waals surface area (Å²) < 4.78 is 18.6. The Kier molecular flexibility index (Phi) is 7.79. The van der Waals surface area contributed by atoms with Gasteiger partial charge in [-0.2, -0.15) is 0 Å². The number of thiophene rings is 1. The maximum atomic E-state index is 10.6. The SMILES string of the molecule is COc1cc(O)c(Oc2ccc(SOCCN3CCCCC3)cc2)cc1-c1cc2ccccc2s1. The average Bonchev–Trinajstić information content (AvgIpc) is 3.33. The van der Waals surface area contributed by atoms with Gasteiger partial charge in [0, 0.05) is 44.7 Å². The number of nitrogens with zero attached hydrogens (tertiary/aromatic N) is 1. The molecule has 4 aromatic rings. The summed E-state index contributed by atoms with van der Waals surface area (Å²) in [6.45, 7) is 4.06. The Morgan fingerprint density at radius 3 is 2.51 bits per heavy atom. The number of hydrogen-bond acceptors (Lipinski definition) is 7. The van der Waals surface area contributed by atoms with Crippen molar-refractivity contribution >= 4 is 33.5 Å². The Balaban J connectivity index is 1.25. The van der Waals surface area contributed by atoms with E-state index in [9.17, 15) is 5.11 Å². The Morgan fingerprint density at radius 2 is 1.74 bits per heavy atom. The number of phenols is 1. The van der Waals surface area contributed by atoms with Crippen LogP contribution < -0.4 is 9.47 Å². The maximum Gasteiger partial charge on any atom is 0.169 e. The predicted octanol–water partition coefficient (Wildman–Crippen LogP) is 7.58. The maximum absolute atomic E-state index is 10.6. The second-order valence-corrected chi connectivity index (χ2v) is 10.5. The van der Waals surface area contributed by atoms with E-state index in [-0.39, 0.29) is 5.75 Å². The number of hydrogen-bond donors (Lipinski definition) is 1. The number of rotatable bonds is 9. The quantitative estimate of drug-likeness (QED) is 0.186. The highest BCUT2D eigenvalue weighted by molar-refractivity contribution is 7.94. The molecule has 0 bridgehead atoms. The summed E-state index contributed by atoms with van der Waals surface area (Å²) in [6, 6.07) is 21.6. The largest absolute Gasteiger partial charge is 0.504 e. The van der Waals surface area contributed by atoms with Crippen molar-refractivity contribution in [2.75, 3.05) is 33.4 Å². The van der Waals surface area contributed by atoms with Crippen molar-refractivity contribution in [3.8, 4) is 33.4 Å². The molecule has 35 heavy (non-hydrogen) atoms. The molecule has 1 aliphatic rings. The predicted molar refractivity (Wildman–Crippen MR) is 144 cm³/mol. The number of benzene rings is 3. The lowest BCUT2D eigenvalue weighted by atomic mass is 10.1. The van der Waals surface area contributed by atoms with Gasteiger partial charge in [0.15, 0.2) is 11.5 Å². The standard InChI is InChI=1S/C28H29NO4S2/c1-31-25-19-24(30)26(18-23(25)28-17-20-7-3-4-8-27(20)34-28)33-21-9-11-22(12-10-21)35-32-16-15-29-13-5-2-6-14-29/h3-4,7-12,17-19,30H,2,5-6,13-16H2,1H3. The van der Waals surface area contributed by atoms with Crippen LogP contribution >= 0.6 is 23.4 Å². The number of methoxy groups -OCH3 is 1. The first-order valence-electron chi connectivity index (χ1n) is 11.9. The van der Waals surface area contributed by atoms with E-state index >= 15 is 0 Å². The van der Waals surface area contributed by atoms with E-state index in [4.69, 9.17) is 13.7 Å². The summed E-state index contributed by atoms with van der Waals surface area (Å²) in [6.07, 6.45) is 3.94. The molecule has 0 atom stereocenters. The number of piperidine rings is 1. The molecule has 0 aliphatic carbocycles. The molecule has 1 N–H and O–H groups in total. The van der Waals surface area contributed by atoms with Crippen molar-refractivity contribution < 1.29 is 18.8 Å². The van der Waals surface area contributed by atoms with Crippen LogP contribution in [0, 0.1) is 0 Å². The second kappa shape index (κ2) is 11.4. The van der Waals surface area contributed by atoms with Crippen LogP contribution in [-0.2, 0) is 4.18 Å². The third kappa shape index (κ3) is 5.93. The molecule has 3 aromatic carbocycles. The van der Waals surface area contributed by atoms with E-state index in [1.54, 1.807) is 24.5 Å². The van der Waals surface area contributed by atoms with E-state index in [1.807, 2.05) is 42.5 Å². The molecular weight excluding hydrogens is 478 g/mol. The van der Waals surface area contributed by atoms with Crippen LogP contribution in [0.25, 0.3) is 20.5 Å². The third-order valence-corrected chi connectivity index (χ3v) is 8.02. The van der Waals surface area contributed by atoms with Gasteiger partial charge in [0.1, 0.15) is 11.5 Å². The fraction of sp³-hybridized carbons (Fsp3) is 0.286. The van der Waals surface area contributed by atoms with Gasteiger partial charge in [-0.3, -0.25) is 0 Å². The van der Waals surface area contributed by atoms with Crippen LogP contribution in [0.5, 0.6) is 23.0 Å². The smallest absolute Gasteiger partial charge is 0.169 e. The van der Waals surface area contributed by atoms with Crippen molar-refractivity contribution in [2.24, 2.45) is 0 Å². The van der Waals surface area contributed by atoms with Crippen molar-refractivity contribution in [1.82, 2.24) is 4.90 Å². The molecule has 5 rings (SSSR count). The highest BCUT2D eigenvalue weighted by Gasteiger charge is 2.16. The zero-order valence-corrected chi connectivity index (χ0v) is 21.4. The molecule has 2 heterocycles. The number of fused-ring (bicyclic) bond motifs is 1. The van der Waals surface area contributed by atoms with Crippen LogP contribution in [0.3, 0.4) is 0 Å². The first-order chi connectivity index (χ1) is 17.2. The molecule has 0 amide bonds. The molecule has 1 fully saturated rings. The average molecular weight is 508 g/mol.